The van der Waals surface area contributed by atoms with Gasteiger partial charge in [-0.25, -0.2) is 4.68 Å². The van der Waals surface area contributed by atoms with Crippen LogP contribution in [0.3, 0.4) is 0 Å². The van der Waals surface area contributed by atoms with E-state index in [0.717, 1.165) is 0 Å². The highest BCUT2D eigenvalue weighted by Gasteiger charge is 2.28. The SMILES string of the molecule is CCN(CC)C(=O)Cn1cc(C(=O)N2C[C@@H](C)O[C@@H](C)C2)nn1. The standard InChI is InChI=1S/C15H25N5O3/c1-5-18(6-2)14(21)10-20-9-13(16-17-20)15(22)19-7-11(3)23-12(4)8-19/h9,11-12H,5-8,10H2,1-4H3/t11-,12+. The van der Waals surface area contributed by atoms with E-state index in [2.05, 4.69) is 10.3 Å². The second-order valence-electron chi connectivity index (χ2n) is 5.83. The van der Waals surface area contributed by atoms with Crippen LogP contribution in [0, 0.1) is 0 Å². The third-order valence-corrected chi connectivity index (χ3v) is 3.88. The van der Waals surface area contributed by atoms with Crippen LogP contribution >= 0.6 is 0 Å². The molecule has 2 amide bonds. The summed E-state index contributed by atoms with van der Waals surface area (Å²) < 4.78 is 7.04. The van der Waals surface area contributed by atoms with Crippen molar-refractivity contribution in [3.8, 4) is 0 Å². The molecule has 1 aromatic rings. The van der Waals surface area contributed by atoms with Crippen LogP contribution in [0.4, 0.5) is 0 Å². The Hall–Kier alpha value is -1.96. The molecule has 0 aromatic carbocycles. The van der Waals surface area contributed by atoms with Crippen molar-refractivity contribution in [3.05, 3.63) is 11.9 Å². The van der Waals surface area contributed by atoms with Crippen molar-refractivity contribution in [3.63, 3.8) is 0 Å². The van der Waals surface area contributed by atoms with Gasteiger partial charge in [0.25, 0.3) is 5.91 Å². The minimum absolute atomic E-state index is 0.00184. The Morgan fingerprint density at radius 2 is 1.87 bits per heavy atom. The van der Waals surface area contributed by atoms with Gasteiger partial charge >= 0.3 is 0 Å². The molecular weight excluding hydrogens is 298 g/mol. The minimum atomic E-state index is -0.173. The normalized spacial score (nSPS) is 21.3. The van der Waals surface area contributed by atoms with Gasteiger partial charge < -0.3 is 14.5 Å². The molecule has 0 bridgehead atoms. The number of morpholine rings is 1. The molecule has 0 radical (unpaired) electrons. The summed E-state index contributed by atoms with van der Waals surface area (Å²) in [5, 5.41) is 7.82. The van der Waals surface area contributed by atoms with E-state index in [-0.39, 0.29) is 36.3 Å². The number of amides is 2. The van der Waals surface area contributed by atoms with Crippen LogP contribution in [0.1, 0.15) is 38.2 Å². The van der Waals surface area contributed by atoms with Gasteiger partial charge in [-0.05, 0) is 27.7 Å². The number of hydrogen-bond donors (Lipinski definition) is 0. The summed E-state index contributed by atoms with van der Waals surface area (Å²) in [5.74, 6) is -0.207. The monoisotopic (exact) mass is 323 g/mol. The van der Waals surface area contributed by atoms with Crippen LogP contribution in [0.5, 0.6) is 0 Å². The first kappa shape index (κ1) is 17.4. The van der Waals surface area contributed by atoms with Crippen LogP contribution in [-0.4, -0.2) is 75.0 Å². The quantitative estimate of drug-likeness (QED) is 0.783. The van der Waals surface area contributed by atoms with Crippen molar-refractivity contribution in [2.24, 2.45) is 0 Å². The Morgan fingerprint density at radius 3 is 2.43 bits per heavy atom. The first-order chi connectivity index (χ1) is 10.9. The van der Waals surface area contributed by atoms with E-state index in [0.29, 0.717) is 26.2 Å². The average Bonchev–Trinajstić information content (AvgIpc) is 2.95. The van der Waals surface area contributed by atoms with Crippen LogP contribution < -0.4 is 0 Å². The van der Waals surface area contributed by atoms with E-state index < -0.39 is 0 Å². The summed E-state index contributed by atoms with van der Waals surface area (Å²) >= 11 is 0. The number of ether oxygens (including phenoxy) is 1. The van der Waals surface area contributed by atoms with Crippen molar-refractivity contribution < 1.29 is 14.3 Å². The Bertz CT molecular complexity index is 545. The Morgan fingerprint density at radius 1 is 1.26 bits per heavy atom. The molecule has 2 heterocycles. The third kappa shape index (κ3) is 4.28. The van der Waals surface area contributed by atoms with Crippen LogP contribution in [0.2, 0.25) is 0 Å². The third-order valence-electron chi connectivity index (χ3n) is 3.88. The van der Waals surface area contributed by atoms with Gasteiger partial charge in [0, 0.05) is 26.2 Å². The molecule has 8 nitrogen and oxygen atoms in total. The van der Waals surface area contributed by atoms with E-state index in [1.54, 1.807) is 9.80 Å². The average molecular weight is 323 g/mol. The zero-order chi connectivity index (χ0) is 17.0. The molecule has 1 aliphatic rings. The fraction of sp³-hybridized carbons (Fsp3) is 0.733. The summed E-state index contributed by atoms with van der Waals surface area (Å²) in [6.07, 6.45) is 1.54. The van der Waals surface area contributed by atoms with Crippen LogP contribution in [-0.2, 0) is 16.1 Å². The van der Waals surface area contributed by atoms with E-state index in [9.17, 15) is 9.59 Å². The van der Waals surface area contributed by atoms with Gasteiger partial charge in [-0.15, -0.1) is 5.10 Å². The number of hydrogen-bond acceptors (Lipinski definition) is 5. The van der Waals surface area contributed by atoms with Crippen molar-refractivity contribution in [1.29, 1.82) is 0 Å². The van der Waals surface area contributed by atoms with E-state index in [4.69, 9.17) is 4.74 Å². The van der Waals surface area contributed by atoms with E-state index >= 15 is 0 Å². The molecule has 0 unspecified atom stereocenters. The van der Waals surface area contributed by atoms with E-state index in [1.807, 2.05) is 27.7 Å². The molecule has 8 heteroatoms. The zero-order valence-corrected chi connectivity index (χ0v) is 14.2. The highest BCUT2D eigenvalue weighted by atomic mass is 16.5. The lowest BCUT2D eigenvalue weighted by molar-refractivity contribution is -0.131. The second kappa shape index (κ2) is 7.54. The topological polar surface area (TPSA) is 80.6 Å². The van der Waals surface area contributed by atoms with Gasteiger partial charge in [-0.3, -0.25) is 9.59 Å². The van der Waals surface area contributed by atoms with Gasteiger partial charge in [0.05, 0.1) is 18.4 Å². The maximum Gasteiger partial charge on any atom is 0.276 e. The first-order valence-electron chi connectivity index (χ1n) is 8.07. The predicted molar refractivity (Wildman–Crippen MR) is 83.9 cm³/mol. The number of likely N-dealkylation sites (N-methyl/N-ethyl adjacent to an activating group) is 1. The number of nitrogens with zero attached hydrogens (tertiary/aromatic N) is 5. The molecular formula is C15H25N5O3. The number of carbonyl (C=O) groups excluding carboxylic acids is 2. The molecule has 0 saturated carbocycles. The fourth-order valence-corrected chi connectivity index (χ4v) is 2.79. The summed E-state index contributed by atoms with van der Waals surface area (Å²) in [4.78, 5) is 28.0. The lowest BCUT2D eigenvalue weighted by atomic mass is 10.2. The highest BCUT2D eigenvalue weighted by Crippen LogP contribution is 2.13. The van der Waals surface area contributed by atoms with Crippen LogP contribution in [0.15, 0.2) is 6.20 Å². The molecule has 1 aromatic heterocycles. The molecule has 1 fully saturated rings. The molecule has 2 atom stereocenters. The molecule has 23 heavy (non-hydrogen) atoms. The minimum Gasteiger partial charge on any atom is -0.372 e. The molecule has 128 valence electrons. The Balaban J connectivity index is 2.01. The van der Waals surface area contributed by atoms with Crippen molar-refractivity contribution in [2.75, 3.05) is 26.2 Å². The molecule has 1 saturated heterocycles. The van der Waals surface area contributed by atoms with Gasteiger partial charge in [-0.2, -0.15) is 0 Å². The number of aromatic nitrogens is 3. The molecule has 1 aliphatic heterocycles. The predicted octanol–water partition coefficient (Wildman–Crippen LogP) is 0.396. The van der Waals surface area contributed by atoms with Crippen LogP contribution in [0.25, 0.3) is 0 Å². The van der Waals surface area contributed by atoms with Gasteiger partial charge in [0.2, 0.25) is 5.91 Å². The summed E-state index contributed by atoms with van der Waals surface area (Å²) in [6.45, 7) is 10.2. The maximum absolute atomic E-state index is 12.5. The second-order valence-corrected chi connectivity index (χ2v) is 5.83. The molecule has 0 N–H and O–H groups in total. The largest absolute Gasteiger partial charge is 0.372 e. The van der Waals surface area contributed by atoms with Crippen molar-refractivity contribution in [1.82, 2.24) is 24.8 Å². The fourth-order valence-electron chi connectivity index (χ4n) is 2.79. The molecule has 0 aliphatic carbocycles. The van der Waals surface area contributed by atoms with Crippen molar-refractivity contribution >= 4 is 11.8 Å². The first-order valence-corrected chi connectivity index (χ1v) is 8.07. The van der Waals surface area contributed by atoms with Gasteiger partial charge in [-0.1, -0.05) is 5.21 Å². The molecule has 0 spiro atoms. The smallest absolute Gasteiger partial charge is 0.276 e. The zero-order valence-electron chi connectivity index (χ0n) is 14.2. The number of carbonyl (C=O) groups is 2. The maximum atomic E-state index is 12.5. The Labute approximate surface area is 136 Å². The van der Waals surface area contributed by atoms with Gasteiger partial charge in [0.1, 0.15) is 6.54 Å². The summed E-state index contributed by atoms with van der Waals surface area (Å²) in [6, 6.07) is 0. The summed E-state index contributed by atoms with van der Waals surface area (Å²) in [7, 11) is 0. The highest BCUT2D eigenvalue weighted by molar-refractivity contribution is 5.92. The van der Waals surface area contributed by atoms with E-state index in [1.165, 1.54) is 10.9 Å². The Kier molecular flexibility index (Phi) is 5.70. The lowest BCUT2D eigenvalue weighted by Crippen LogP contribution is -2.48. The summed E-state index contributed by atoms with van der Waals surface area (Å²) in [5.41, 5.74) is 0.263. The molecule has 2 rings (SSSR count). The number of rotatable bonds is 5. The van der Waals surface area contributed by atoms with Crippen molar-refractivity contribution in [2.45, 2.75) is 46.4 Å². The lowest BCUT2D eigenvalue weighted by Gasteiger charge is -2.34. The van der Waals surface area contributed by atoms with Gasteiger partial charge in [0.15, 0.2) is 5.69 Å².